The van der Waals surface area contributed by atoms with Crippen molar-refractivity contribution in [1.29, 1.82) is 0 Å². The van der Waals surface area contributed by atoms with E-state index >= 15 is 0 Å². The van der Waals surface area contributed by atoms with Gasteiger partial charge in [-0.15, -0.1) is 0 Å². The Morgan fingerprint density at radius 2 is 1.80 bits per heavy atom. The quantitative estimate of drug-likeness (QED) is 0.725. The van der Waals surface area contributed by atoms with Gasteiger partial charge in [0.05, 0.1) is 24.6 Å². The van der Waals surface area contributed by atoms with Gasteiger partial charge in [-0.2, -0.15) is 0 Å². The molecule has 3 aromatic rings. The zero-order valence-electron chi connectivity index (χ0n) is 13.9. The van der Waals surface area contributed by atoms with Crippen LogP contribution in [-0.4, -0.2) is 20.9 Å². The molecule has 2 N–H and O–H groups in total. The second-order valence-corrected chi connectivity index (χ2v) is 5.57. The number of aryl methyl sites for hydroxylation is 1. The summed E-state index contributed by atoms with van der Waals surface area (Å²) >= 11 is 0. The highest BCUT2D eigenvalue weighted by atomic mass is 16.1. The molecule has 126 valence electrons. The Bertz CT molecular complexity index is 834. The molecule has 0 aliphatic heterocycles. The number of aromatic nitrogens is 3. The lowest BCUT2D eigenvalue weighted by Crippen LogP contribution is -2.24. The highest BCUT2D eigenvalue weighted by Gasteiger charge is 2.08. The number of hydrogen-bond donors (Lipinski definition) is 2. The summed E-state index contributed by atoms with van der Waals surface area (Å²) in [6.45, 7) is 3.08. The van der Waals surface area contributed by atoms with Crippen LogP contribution in [0.1, 0.15) is 27.3 Å². The fraction of sp³-hybridized carbons (Fsp3) is 0.158. The maximum atomic E-state index is 12.1. The summed E-state index contributed by atoms with van der Waals surface area (Å²) in [6, 6.07) is 13.7. The lowest BCUT2D eigenvalue weighted by molar-refractivity contribution is 0.0945. The van der Waals surface area contributed by atoms with Gasteiger partial charge in [-0.3, -0.25) is 9.78 Å². The molecule has 6 nitrogen and oxygen atoms in total. The molecule has 6 heteroatoms. The molecule has 2 heterocycles. The van der Waals surface area contributed by atoms with E-state index in [0.717, 1.165) is 5.69 Å². The average molecular weight is 333 g/mol. The molecule has 0 saturated carbocycles. The number of amides is 1. The largest absolute Gasteiger partial charge is 0.365 e. The van der Waals surface area contributed by atoms with Crippen molar-refractivity contribution >= 4 is 11.7 Å². The minimum absolute atomic E-state index is 0.274. The van der Waals surface area contributed by atoms with Crippen molar-refractivity contribution < 1.29 is 4.79 Å². The third kappa shape index (κ3) is 4.60. The van der Waals surface area contributed by atoms with Crippen molar-refractivity contribution in [3.8, 4) is 0 Å². The standard InChI is InChI=1S/C19H19N5O/c1-14-6-2-3-7-15(14)10-22-18-13-21-17(12-23-18)19(25)24-11-16-8-4-5-9-20-16/h2-9,12-13H,10-11H2,1H3,(H,22,23)(H,24,25). The van der Waals surface area contributed by atoms with E-state index in [4.69, 9.17) is 0 Å². The van der Waals surface area contributed by atoms with E-state index in [2.05, 4.69) is 44.6 Å². The molecule has 0 saturated heterocycles. The summed E-state index contributed by atoms with van der Waals surface area (Å²) in [5.74, 6) is 0.355. The van der Waals surface area contributed by atoms with Crippen LogP contribution in [0.15, 0.2) is 61.1 Å². The molecule has 0 spiro atoms. The summed E-state index contributed by atoms with van der Waals surface area (Å²) in [6.07, 6.45) is 4.72. The first-order valence-electron chi connectivity index (χ1n) is 8.01. The third-order valence-corrected chi connectivity index (χ3v) is 3.76. The number of carbonyl (C=O) groups excluding carboxylic acids is 1. The number of nitrogens with zero attached hydrogens (tertiary/aromatic N) is 3. The SMILES string of the molecule is Cc1ccccc1CNc1cnc(C(=O)NCc2ccccn2)cn1. The van der Waals surface area contributed by atoms with Crippen LogP contribution in [0.3, 0.4) is 0 Å². The molecule has 2 aromatic heterocycles. The molecule has 0 aliphatic carbocycles. The molecule has 0 radical (unpaired) electrons. The van der Waals surface area contributed by atoms with Crippen LogP contribution >= 0.6 is 0 Å². The number of nitrogens with one attached hydrogen (secondary N) is 2. The first-order valence-corrected chi connectivity index (χ1v) is 8.01. The van der Waals surface area contributed by atoms with Gasteiger partial charge in [0.15, 0.2) is 0 Å². The topological polar surface area (TPSA) is 79.8 Å². The third-order valence-electron chi connectivity index (χ3n) is 3.76. The number of benzene rings is 1. The monoisotopic (exact) mass is 333 g/mol. The van der Waals surface area contributed by atoms with Crippen molar-refractivity contribution in [3.05, 3.63) is 83.6 Å². The van der Waals surface area contributed by atoms with Crippen molar-refractivity contribution in [2.24, 2.45) is 0 Å². The second-order valence-electron chi connectivity index (χ2n) is 5.57. The summed E-state index contributed by atoms with van der Waals surface area (Å²) < 4.78 is 0. The maximum absolute atomic E-state index is 12.1. The van der Waals surface area contributed by atoms with Crippen molar-refractivity contribution in [1.82, 2.24) is 20.3 Å². The first kappa shape index (κ1) is 16.6. The lowest BCUT2D eigenvalue weighted by atomic mass is 10.1. The van der Waals surface area contributed by atoms with E-state index in [1.165, 1.54) is 17.3 Å². The molecule has 25 heavy (non-hydrogen) atoms. The number of pyridine rings is 1. The van der Waals surface area contributed by atoms with E-state index in [9.17, 15) is 4.79 Å². The van der Waals surface area contributed by atoms with Gasteiger partial charge in [0.25, 0.3) is 5.91 Å². The van der Waals surface area contributed by atoms with Crippen LogP contribution in [0.4, 0.5) is 5.82 Å². The predicted octanol–water partition coefficient (Wildman–Crippen LogP) is 2.72. The predicted molar refractivity (Wildman–Crippen MR) is 95.9 cm³/mol. The minimum Gasteiger partial charge on any atom is -0.365 e. The number of rotatable bonds is 6. The van der Waals surface area contributed by atoms with Crippen LogP contribution < -0.4 is 10.6 Å². The lowest BCUT2D eigenvalue weighted by Gasteiger charge is -2.08. The highest BCUT2D eigenvalue weighted by molar-refractivity contribution is 5.91. The van der Waals surface area contributed by atoms with Gasteiger partial charge in [0, 0.05) is 12.7 Å². The smallest absolute Gasteiger partial charge is 0.271 e. The molecular weight excluding hydrogens is 314 g/mol. The molecular formula is C19H19N5O. The molecule has 3 rings (SSSR count). The summed E-state index contributed by atoms with van der Waals surface area (Å²) in [7, 11) is 0. The molecule has 0 fully saturated rings. The molecule has 0 aliphatic rings. The number of hydrogen-bond acceptors (Lipinski definition) is 5. The molecule has 0 atom stereocenters. The van der Waals surface area contributed by atoms with Crippen LogP contribution in [-0.2, 0) is 13.1 Å². The van der Waals surface area contributed by atoms with E-state index in [1.807, 2.05) is 30.3 Å². The second kappa shape index (κ2) is 8.01. The Balaban J connectivity index is 1.54. The Kier molecular flexibility index (Phi) is 5.31. The molecule has 1 amide bonds. The highest BCUT2D eigenvalue weighted by Crippen LogP contribution is 2.09. The van der Waals surface area contributed by atoms with E-state index in [0.29, 0.717) is 18.9 Å². The van der Waals surface area contributed by atoms with Gasteiger partial charge in [-0.25, -0.2) is 9.97 Å². The first-order chi connectivity index (χ1) is 12.2. The van der Waals surface area contributed by atoms with Crippen molar-refractivity contribution in [2.45, 2.75) is 20.0 Å². The van der Waals surface area contributed by atoms with Gasteiger partial charge in [-0.1, -0.05) is 30.3 Å². The Hall–Kier alpha value is -3.28. The van der Waals surface area contributed by atoms with Crippen LogP contribution in [0, 0.1) is 6.92 Å². The van der Waals surface area contributed by atoms with Crippen molar-refractivity contribution in [3.63, 3.8) is 0 Å². The fourth-order valence-electron chi connectivity index (χ4n) is 2.29. The van der Waals surface area contributed by atoms with Crippen molar-refractivity contribution in [2.75, 3.05) is 5.32 Å². The Morgan fingerprint density at radius 3 is 2.52 bits per heavy atom. The fourth-order valence-corrected chi connectivity index (χ4v) is 2.29. The number of anilines is 1. The van der Waals surface area contributed by atoms with E-state index in [1.54, 1.807) is 12.4 Å². The van der Waals surface area contributed by atoms with Crippen LogP contribution in [0.5, 0.6) is 0 Å². The van der Waals surface area contributed by atoms with Gasteiger partial charge < -0.3 is 10.6 Å². The summed E-state index contributed by atoms with van der Waals surface area (Å²) in [4.78, 5) is 24.7. The van der Waals surface area contributed by atoms with Gasteiger partial charge >= 0.3 is 0 Å². The summed E-state index contributed by atoms with van der Waals surface area (Å²) in [5.41, 5.74) is 3.48. The van der Waals surface area contributed by atoms with Gasteiger partial charge in [0.2, 0.25) is 0 Å². The Morgan fingerprint density at radius 1 is 0.960 bits per heavy atom. The van der Waals surface area contributed by atoms with E-state index in [-0.39, 0.29) is 11.6 Å². The molecule has 0 unspecified atom stereocenters. The zero-order valence-corrected chi connectivity index (χ0v) is 13.9. The van der Waals surface area contributed by atoms with Crippen LogP contribution in [0.25, 0.3) is 0 Å². The zero-order chi connectivity index (χ0) is 17.5. The maximum Gasteiger partial charge on any atom is 0.271 e. The minimum atomic E-state index is -0.274. The van der Waals surface area contributed by atoms with Gasteiger partial charge in [-0.05, 0) is 30.2 Å². The van der Waals surface area contributed by atoms with Crippen LogP contribution in [0.2, 0.25) is 0 Å². The van der Waals surface area contributed by atoms with E-state index < -0.39 is 0 Å². The van der Waals surface area contributed by atoms with Gasteiger partial charge in [0.1, 0.15) is 11.5 Å². The molecule has 0 bridgehead atoms. The Labute approximate surface area is 146 Å². The normalized spacial score (nSPS) is 10.3. The molecule has 1 aromatic carbocycles. The average Bonchev–Trinajstić information content (AvgIpc) is 2.67. The summed E-state index contributed by atoms with van der Waals surface area (Å²) in [5, 5.41) is 5.99. The number of carbonyl (C=O) groups is 1.